The van der Waals surface area contributed by atoms with Crippen molar-refractivity contribution in [3.8, 4) is 0 Å². The van der Waals surface area contributed by atoms with Crippen molar-refractivity contribution in [2.45, 2.75) is 51.6 Å². The highest BCUT2D eigenvalue weighted by atomic mass is 32.1. The summed E-state index contributed by atoms with van der Waals surface area (Å²) in [5, 5.41) is 7.33. The molecular formula is C25H39N5O5S. The number of amidine groups is 1. The molecule has 4 rings (SSSR count). The number of fused-ring (bicyclic) bond motifs is 1. The second-order valence-electron chi connectivity index (χ2n) is 9.17. The Morgan fingerprint density at radius 3 is 2.67 bits per heavy atom. The highest BCUT2D eigenvalue weighted by molar-refractivity contribution is 7.13. The molecule has 3 heterocycles. The number of alkyl carbamates (subject to hydrolysis) is 1. The predicted molar refractivity (Wildman–Crippen MR) is 141 cm³/mol. The number of nitrogens with zero attached hydrogens (tertiary/aromatic N) is 2. The first-order valence-corrected chi connectivity index (χ1v) is 13.4. The average molecular weight is 522 g/mol. The number of carbonyl (C=O) groups is 2. The number of nitrogens with two attached hydrogens (primary N) is 1. The van der Waals surface area contributed by atoms with E-state index in [-0.39, 0.29) is 31.6 Å². The fourth-order valence-corrected chi connectivity index (χ4v) is 5.01. The summed E-state index contributed by atoms with van der Waals surface area (Å²) in [6.07, 6.45) is 6.48. The minimum atomic E-state index is -0.439. The fourth-order valence-electron chi connectivity index (χ4n) is 3.83. The monoisotopic (exact) mass is 521 g/mol. The summed E-state index contributed by atoms with van der Waals surface area (Å²) in [6.45, 7) is 4.95. The van der Waals surface area contributed by atoms with Crippen LogP contribution in [0.4, 0.5) is 10.5 Å². The number of aliphatic imine (C=N–C) groups is 1. The Labute approximate surface area is 217 Å². The van der Waals surface area contributed by atoms with Gasteiger partial charge in [0.15, 0.2) is 0 Å². The second kappa shape index (κ2) is 14.3. The van der Waals surface area contributed by atoms with Crippen LogP contribution in [0, 0.1) is 5.92 Å². The van der Waals surface area contributed by atoms with Gasteiger partial charge in [-0.1, -0.05) is 6.92 Å². The summed E-state index contributed by atoms with van der Waals surface area (Å²) < 4.78 is 9.50. The lowest BCUT2D eigenvalue weighted by molar-refractivity contribution is -0.181. The van der Waals surface area contributed by atoms with Crippen LogP contribution in [-0.2, 0) is 25.5 Å². The van der Waals surface area contributed by atoms with Gasteiger partial charge in [-0.2, -0.15) is 0 Å². The number of ether oxygens (including phenoxy) is 2. The van der Waals surface area contributed by atoms with Gasteiger partial charge in [0.05, 0.1) is 17.2 Å². The lowest BCUT2D eigenvalue weighted by Crippen LogP contribution is -2.42. The molecule has 2 aliphatic heterocycles. The highest BCUT2D eigenvalue weighted by Gasteiger charge is 2.25. The number of thiophene rings is 1. The normalized spacial score (nSPS) is 17.2. The lowest BCUT2D eigenvalue weighted by Gasteiger charge is -2.26. The Bertz CT molecular complexity index is 939. The maximum atomic E-state index is 13.3. The molecule has 10 nitrogen and oxygen atoms in total. The van der Waals surface area contributed by atoms with E-state index in [0.29, 0.717) is 23.9 Å². The number of methoxy groups -OCH3 is 1. The van der Waals surface area contributed by atoms with Gasteiger partial charge in [-0.3, -0.25) is 9.63 Å². The van der Waals surface area contributed by atoms with Gasteiger partial charge < -0.3 is 25.8 Å². The van der Waals surface area contributed by atoms with Crippen molar-refractivity contribution < 1.29 is 23.9 Å². The molecule has 11 heteroatoms. The molecule has 4 N–H and O–H groups in total. The molecule has 0 unspecified atom stereocenters. The van der Waals surface area contributed by atoms with Crippen molar-refractivity contribution in [3.63, 3.8) is 0 Å². The first kappa shape index (κ1) is 28.1. The number of hydroxylamine groups is 2. The van der Waals surface area contributed by atoms with Crippen LogP contribution in [0.1, 0.15) is 48.8 Å². The summed E-state index contributed by atoms with van der Waals surface area (Å²) in [5.41, 5.74) is 7.53. The van der Waals surface area contributed by atoms with E-state index in [0.717, 1.165) is 55.8 Å². The van der Waals surface area contributed by atoms with E-state index in [4.69, 9.17) is 15.3 Å². The molecule has 0 bridgehead atoms. The van der Waals surface area contributed by atoms with Crippen LogP contribution in [-0.4, -0.2) is 76.0 Å². The molecule has 1 saturated heterocycles. The molecule has 3 aliphatic rings. The molecule has 0 radical (unpaired) electrons. The predicted octanol–water partition coefficient (Wildman–Crippen LogP) is 3.00. The Morgan fingerprint density at radius 2 is 2.06 bits per heavy atom. The van der Waals surface area contributed by atoms with Crippen LogP contribution in [0.3, 0.4) is 0 Å². The van der Waals surface area contributed by atoms with Gasteiger partial charge in [-0.05, 0) is 63.3 Å². The van der Waals surface area contributed by atoms with E-state index in [9.17, 15) is 9.59 Å². The van der Waals surface area contributed by atoms with Crippen LogP contribution in [0.25, 0.3) is 6.08 Å². The van der Waals surface area contributed by atoms with Gasteiger partial charge in [-0.15, -0.1) is 11.3 Å². The number of carbonyl (C=O) groups excluding carboxylic acids is 2. The number of hydrogen-bond acceptors (Lipinski definition) is 9. The van der Waals surface area contributed by atoms with Crippen LogP contribution >= 0.6 is 11.3 Å². The molecule has 1 aromatic heterocycles. The average Bonchev–Trinajstić information content (AvgIpc) is 3.08. The number of nitrogens with one attached hydrogen (secondary N) is 2. The molecule has 0 spiro atoms. The summed E-state index contributed by atoms with van der Waals surface area (Å²) in [4.78, 5) is 37.5. The van der Waals surface area contributed by atoms with Crippen molar-refractivity contribution in [1.82, 2.24) is 15.7 Å². The van der Waals surface area contributed by atoms with Gasteiger partial charge in [-0.25, -0.2) is 14.9 Å². The van der Waals surface area contributed by atoms with Crippen molar-refractivity contribution in [1.29, 1.82) is 0 Å². The number of hydrogen-bond donors (Lipinski definition) is 3. The van der Waals surface area contributed by atoms with E-state index in [1.54, 1.807) is 25.6 Å². The Hall–Kier alpha value is -2.47. The topological polar surface area (TPSA) is 128 Å². The van der Waals surface area contributed by atoms with Crippen LogP contribution in [0.5, 0.6) is 0 Å². The third-order valence-electron chi connectivity index (χ3n) is 5.96. The minimum absolute atomic E-state index is 0.0337. The lowest BCUT2D eigenvalue weighted by atomic mass is 9.96. The summed E-state index contributed by atoms with van der Waals surface area (Å²) in [5.74, 6) is 0.852. The zero-order valence-electron chi connectivity index (χ0n) is 21.5. The molecule has 2 amide bonds. The quantitative estimate of drug-likeness (QED) is 0.319. The maximum Gasteiger partial charge on any atom is 0.407 e. The van der Waals surface area contributed by atoms with Crippen molar-refractivity contribution in [2.24, 2.45) is 16.6 Å². The van der Waals surface area contributed by atoms with Crippen LogP contribution in [0.15, 0.2) is 16.6 Å². The standard InChI is InChI=1S/C23H33N5O4S.C2H6O/c1-2-7-28(31-8-6-26-23(30)32-17-4-3-5-17)22(29)16-10-20-19(27-21(24)11-16)12-18(33-20)9-15-13-25-14-15;1-3-2/h10,12,15,17,25H,2-9,11,13-14H2,1H3,(H2,24,27)(H,26,30);1-2H3. The molecule has 1 aromatic rings. The first-order chi connectivity index (χ1) is 17.4. The zero-order chi connectivity index (χ0) is 25.9. The van der Waals surface area contributed by atoms with Crippen molar-refractivity contribution in [3.05, 3.63) is 21.4 Å². The van der Waals surface area contributed by atoms with Crippen LogP contribution in [0.2, 0.25) is 0 Å². The van der Waals surface area contributed by atoms with E-state index in [2.05, 4.69) is 26.4 Å². The molecule has 1 saturated carbocycles. The van der Waals surface area contributed by atoms with E-state index >= 15 is 0 Å². The molecule has 0 aromatic carbocycles. The van der Waals surface area contributed by atoms with Crippen molar-refractivity contribution >= 4 is 40.9 Å². The Kier molecular flexibility index (Phi) is 11.2. The Morgan fingerprint density at radius 1 is 1.31 bits per heavy atom. The van der Waals surface area contributed by atoms with Gasteiger partial charge >= 0.3 is 6.09 Å². The van der Waals surface area contributed by atoms with Gasteiger partial charge in [0, 0.05) is 44.2 Å². The molecule has 1 aliphatic carbocycles. The van der Waals surface area contributed by atoms with Gasteiger partial charge in [0.2, 0.25) is 0 Å². The number of amides is 2. The fraction of sp³-hybridized carbons (Fsp3) is 0.640. The molecule has 2 fully saturated rings. The van der Waals surface area contributed by atoms with Crippen LogP contribution < -0.4 is 16.4 Å². The largest absolute Gasteiger partial charge is 0.446 e. The van der Waals surface area contributed by atoms with E-state index in [1.807, 2.05) is 13.0 Å². The van der Waals surface area contributed by atoms with Gasteiger partial charge in [0.1, 0.15) is 11.9 Å². The maximum absolute atomic E-state index is 13.3. The molecule has 0 atom stereocenters. The summed E-state index contributed by atoms with van der Waals surface area (Å²) >= 11 is 1.67. The SMILES string of the molecule is CCCN(OCCNC(=O)OC1CCC1)C(=O)C1=Cc2sc(CC3CNC3)cc2N=C(N)C1.COC. The second-order valence-corrected chi connectivity index (χ2v) is 10.3. The van der Waals surface area contributed by atoms with E-state index < -0.39 is 6.09 Å². The molecule has 200 valence electrons. The zero-order valence-corrected chi connectivity index (χ0v) is 22.3. The minimum Gasteiger partial charge on any atom is -0.446 e. The van der Waals surface area contributed by atoms with Crippen molar-refractivity contribution in [2.75, 3.05) is 47.0 Å². The van der Waals surface area contributed by atoms with Gasteiger partial charge in [0.25, 0.3) is 5.91 Å². The smallest absolute Gasteiger partial charge is 0.407 e. The third-order valence-corrected chi connectivity index (χ3v) is 7.05. The number of rotatable bonds is 10. The highest BCUT2D eigenvalue weighted by Crippen LogP contribution is 2.36. The summed E-state index contributed by atoms with van der Waals surface area (Å²) in [7, 11) is 3.25. The Balaban J connectivity index is 0.00000115. The van der Waals surface area contributed by atoms with E-state index in [1.165, 1.54) is 9.94 Å². The molecular weight excluding hydrogens is 482 g/mol. The third kappa shape index (κ3) is 8.29. The molecule has 36 heavy (non-hydrogen) atoms. The first-order valence-electron chi connectivity index (χ1n) is 12.6. The summed E-state index contributed by atoms with van der Waals surface area (Å²) in [6, 6.07) is 2.09.